The minimum atomic E-state index is -0.884. The number of anilines is 1. The lowest BCUT2D eigenvalue weighted by Gasteiger charge is -2.34. The van der Waals surface area contributed by atoms with Crippen molar-refractivity contribution in [1.29, 1.82) is 0 Å². The molecule has 0 bridgehead atoms. The van der Waals surface area contributed by atoms with Gasteiger partial charge in [0.25, 0.3) is 5.69 Å². The SMILES string of the molecule is NCCC1CCCN(c2c(F)cc([N+](=O)[O-])cc2F)C1. The summed E-state index contributed by atoms with van der Waals surface area (Å²) in [4.78, 5) is 11.4. The Morgan fingerprint density at radius 2 is 2.05 bits per heavy atom. The van der Waals surface area contributed by atoms with E-state index in [-0.39, 0.29) is 5.69 Å². The summed E-state index contributed by atoms with van der Waals surface area (Å²) in [6.45, 7) is 1.62. The summed E-state index contributed by atoms with van der Waals surface area (Å²) >= 11 is 0. The van der Waals surface area contributed by atoms with Crippen LogP contribution in [0.5, 0.6) is 0 Å². The second kappa shape index (κ2) is 6.13. The Balaban J connectivity index is 2.26. The molecular weight excluding hydrogens is 268 g/mol. The summed E-state index contributed by atoms with van der Waals surface area (Å²) < 4.78 is 27.9. The Labute approximate surface area is 115 Å². The molecule has 1 saturated heterocycles. The highest BCUT2D eigenvalue weighted by Crippen LogP contribution is 2.31. The summed E-state index contributed by atoms with van der Waals surface area (Å²) in [6.07, 6.45) is 2.64. The zero-order valence-electron chi connectivity index (χ0n) is 11.0. The minimum Gasteiger partial charge on any atom is -0.367 e. The molecule has 1 atom stereocenters. The molecule has 0 amide bonds. The fraction of sp³-hybridized carbons (Fsp3) is 0.538. The number of nitrogens with zero attached hydrogens (tertiary/aromatic N) is 2. The molecular formula is C13H17F2N3O2. The third-order valence-corrected chi connectivity index (χ3v) is 3.62. The second-order valence-electron chi connectivity index (χ2n) is 5.05. The molecule has 1 aromatic carbocycles. The first-order chi connectivity index (χ1) is 9.52. The number of halogens is 2. The lowest BCUT2D eigenvalue weighted by molar-refractivity contribution is -0.385. The fourth-order valence-corrected chi connectivity index (χ4v) is 2.70. The molecule has 1 unspecified atom stereocenters. The molecule has 0 spiro atoms. The predicted molar refractivity (Wildman–Crippen MR) is 71.6 cm³/mol. The van der Waals surface area contributed by atoms with E-state index >= 15 is 0 Å². The van der Waals surface area contributed by atoms with Gasteiger partial charge in [-0.2, -0.15) is 0 Å². The van der Waals surface area contributed by atoms with Crippen molar-refractivity contribution in [1.82, 2.24) is 0 Å². The van der Waals surface area contributed by atoms with E-state index in [2.05, 4.69) is 0 Å². The molecule has 0 aliphatic carbocycles. The van der Waals surface area contributed by atoms with Crippen LogP contribution in [0.3, 0.4) is 0 Å². The molecule has 1 aliphatic rings. The Morgan fingerprint density at radius 3 is 2.60 bits per heavy atom. The van der Waals surface area contributed by atoms with Gasteiger partial charge >= 0.3 is 0 Å². The van der Waals surface area contributed by atoms with Gasteiger partial charge in [-0.1, -0.05) is 0 Å². The van der Waals surface area contributed by atoms with Crippen LogP contribution in [0.25, 0.3) is 0 Å². The molecule has 1 fully saturated rings. The summed E-state index contributed by atoms with van der Waals surface area (Å²) in [5.41, 5.74) is 4.78. The van der Waals surface area contributed by atoms with Crippen LogP contribution in [0.2, 0.25) is 0 Å². The average molecular weight is 285 g/mol. The Kier molecular flexibility index (Phi) is 4.49. The van der Waals surface area contributed by atoms with Crippen molar-refractivity contribution in [2.45, 2.75) is 19.3 Å². The van der Waals surface area contributed by atoms with Crippen molar-refractivity contribution in [3.63, 3.8) is 0 Å². The number of nitro benzene ring substituents is 1. The molecule has 1 aromatic rings. The minimum absolute atomic E-state index is 0.169. The first-order valence-corrected chi connectivity index (χ1v) is 6.61. The van der Waals surface area contributed by atoms with Gasteiger partial charge in [0.15, 0.2) is 11.6 Å². The van der Waals surface area contributed by atoms with Crippen molar-refractivity contribution < 1.29 is 13.7 Å². The first-order valence-electron chi connectivity index (χ1n) is 6.61. The van der Waals surface area contributed by atoms with Crippen LogP contribution in [0.15, 0.2) is 12.1 Å². The van der Waals surface area contributed by atoms with Crippen LogP contribution in [-0.2, 0) is 0 Å². The molecule has 1 aliphatic heterocycles. The molecule has 5 nitrogen and oxygen atoms in total. The molecule has 7 heteroatoms. The fourth-order valence-electron chi connectivity index (χ4n) is 2.70. The van der Waals surface area contributed by atoms with Crippen molar-refractivity contribution in [2.24, 2.45) is 11.7 Å². The van der Waals surface area contributed by atoms with Gasteiger partial charge in [0.1, 0.15) is 5.69 Å². The summed E-state index contributed by atoms with van der Waals surface area (Å²) in [6, 6.07) is 1.54. The highest BCUT2D eigenvalue weighted by atomic mass is 19.1. The van der Waals surface area contributed by atoms with E-state index in [1.807, 2.05) is 0 Å². The van der Waals surface area contributed by atoms with E-state index in [0.717, 1.165) is 31.4 Å². The molecule has 2 rings (SSSR count). The third kappa shape index (κ3) is 3.04. The standard InChI is InChI=1S/C13H17F2N3O2/c14-11-6-10(18(19)20)7-12(15)13(11)17-5-1-2-9(8-17)3-4-16/h6-7,9H,1-5,8,16H2. The largest absolute Gasteiger partial charge is 0.367 e. The van der Waals surface area contributed by atoms with Crippen LogP contribution in [0.4, 0.5) is 20.2 Å². The van der Waals surface area contributed by atoms with Gasteiger partial charge in [-0.3, -0.25) is 10.1 Å². The maximum atomic E-state index is 14.0. The molecule has 2 N–H and O–H groups in total. The number of hydrogen-bond acceptors (Lipinski definition) is 4. The van der Waals surface area contributed by atoms with Crippen LogP contribution in [-0.4, -0.2) is 24.6 Å². The van der Waals surface area contributed by atoms with E-state index in [1.165, 1.54) is 0 Å². The van der Waals surface area contributed by atoms with Gasteiger partial charge in [-0.05, 0) is 31.7 Å². The molecule has 20 heavy (non-hydrogen) atoms. The number of nitrogens with two attached hydrogens (primary N) is 1. The molecule has 1 heterocycles. The Morgan fingerprint density at radius 1 is 1.40 bits per heavy atom. The van der Waals surface area contributed by atoms with Crippen molar-refractivity contribution in [2.75, 3.05) is 24.5 Å². The number of benzene rings is 1. The van der Waals surface area contributed by atoms with Gasteiger partial charge in [0, 0.05) is 13.1 Å². The van der Waals surface area contributed by atoms with E-state index in [0.29, 0.717) is 25.6 Å². The Bertz CT molecular complexity index is 485. The lowest BCUT2D eigenvalue weighted by Crippen LogP contribution is -2.37. The van der Waals surface area contributed by atoms with Crippen molar-refractivity contribution in [3.8, 4) is 0 Å². The number of piperidine rings is 1. The van der Waals surface area contributed by atoms with Crippen LogP contribution in [0.1, 0.15) is 19.3 Å². The van der Waals surface area contributed by atoms with E-state index in [4.69, 9.17) is 5.73 Å². The zero-order valence-corrected chi connectivity index (χ0v) is 11.0. The topological polar surface area (TPSA) is 72.4 Å². The van der Waals surface area contributed by atoms with Gasteiger partial charge in [-0.25, -0.2) is 8.78 Å². The number of nitro groups is 1. The van der Waals surface area contributed by atoms with E-state index in [1.54, 1.807) is 4.90 Å². The lowest BCUT2D eigenvalue weighted by atomic mass is 9.94. The van der Waals surface area contributed by atoms with Gasteiger partial charge in [0.05, 0.1) is 17.1 Å². The molecule has 0 saturated carbocycles. The molecule has 0 radical (unpaired) electrons. The van der Waals surface area contributed by atoms with Crippen LogP contribution < -0.4 is 10.6 Å². The monoisotopic (exact) mass is 285 g/mol. The van der Waals surface area contributed by atoms with Crippen LogP contribution >= 0.6 is 0 Å². The maximum Gasteiger partial charge on any atom is 0.275 e. The molecule has 0 aromatic heterocycles. The number of hydrogen-bond donors (Lipinski definition) is 1. The number of non-ortho nitro benzene ring substituents is 1. The molecule has 110 valence electrons. The maximum absolute atomic E-state index is 14.0. The zero-order chi connectivity index (χ0) is 14.7. The van der Waals surface area contributed by atoms with Gasteiger partial charge < -0.3 is 10.6 Å². The van der Waals surface area contributed by atoms with Crippen LogP contribution in [0, 0.1) is 27.7 Å². The van der Waals surface area contributed by atoms with Gasteiger partial charge in [0.2, 0.25) is 0 Å². The first kappa shape index (κ1) is 14.6. The van der Waals surface area contributed by atoms with Gasteiger partial charge in [-0.15, -0.1) is 0 Å². The smallest absolute Gasteiger partial charge is 0.275 e. The highest BCUT2D eigenvalue weighted by Gasteiger charge is 2.26. The second-order valence-corrected chi connectivity index (χ2v) is 5.05. The van der Waals surface area contributed by atoms with E-state index < -0.39 is 22.2 Å². The van der Waals surface area contributed by atoms with E-state index in [9.17, 15) is 18.9 Å². The third-order valence-electron chi connectivity index (χ3n) is 3.62. The van der Waals surface area contributed by atoms with Crippen molar-refractivity contribution in [3.05, 3.63) is 33.9 Å². The summed E-state index contributed by atoms with van der Waals surface area (Å²) in [7, 11) is 0. The average Bonchev–Trinajstić information content (AvgIpc) is 2.38. The predicted octanol–water partition coefficient (Wildman–Crippen LogP) is 2.44. The Hall–Kier alpha value is -1.76. The summed E-state index contributed by atoms with van der Waals surface area (Å²) in [5.74, 6) is -1.46. The summed E-state index contributed by atoms with van der Waals surface area (Å²) in [5, 5.41) is 10.6. The number of rotatable bonds is 4. The van der Waals surface area contributed by atoms with Crippen molar-refractivity contribution >= 4 is 11.4 Å². The highest BCUT2D eigenvalue weighted by molar-refractivity contribution is 5.54. The normalized spacial score (nSPS) is 19.1. The quantitative estimate of drug-likeness (QED) is 0.681.